The normalized spacial score (nSPS) is 10.7. The summed E-state index contributed by atoms with van der Waals surface area (Å²) in [6.07, 6.45) is 0. The van der Waals surface area contributed by atoms with E-state index in [2.05, 4.69) is 17.0 Å². The zero-order chi connectivity index (χ0) is 24.8. The topological polar surface area (TPSA) is 73.7 Å². The Morgan fingerprint density at radius 1 is 0.914 bits per heavy atom. The third-order valence-corrected chi connectivity index (χ3v) is 6.65. The Kier molecular flexibility index (Phi) is 7.80. The lowest BCUT2D eigenvalue weighted by molar-refractivity contribution is -0.137. The first-order chi connectivity index (χ1) is 16.9. The van der Waals surface area contributed by atoms with Gasteiger partial charge < -0.3 is 14.9 Å². The van der Waals surface area contributed by atoms with Gasteiger partial charge in [-0.3, -0.25) is 9.59 Å². The molecule has 3 aromatic carbocycles. The maximum Gasteiger partial charge on any atom is 0.323 e. The highest BCUT2D eigenvalue weighted by molar-refractivity contribution is 7.14. The first-order valence-corrected chi connectivity index (χ1v) is 12.2. The molecule has 4 rings (SSSR count). The molecular formula is C27H24ClN3O3S. The molecule has 0 bridgehead atoms. The van der Waals surface area contributed by atoms with E-state index < -0.39 is 5.97 Å². The maximum absolute atomic E-state index is 12.5. The fourth-order valence-electron chi connectivity index (χ4n) is 3.67. The van der Waals surface area contributed by atoms with Gasteiger partial charge in [-0.2, -0.15) is 0 Å². The Bertz CT molecular complexity index is 1310. The SMILES string of the molecule is CN(CC(=O)O)C(=O)c1ccc(CN(Cc2ccccc2)c2nc(-c3ccccc3Cl)cs2)cc1. The Balaban J connectivity index is 1.57. The highest BCUT2D eigenvalue weighted by Gasteiger charge is 2.17. The highest BCUT2D eigenvalue weighted by atomic mass is 35.5. The number of nitrogens with zero attached hydrogens (tertiary/aromatic N) is 3. The van der Waals surface area contributed by atoms with Crippen LogP contribution >= 0.6 is 22.9 Å². The summed E-state index contributed by atoms with van der Waals surface area (Å²) in [6, 6.07) is 25.1. The third-order valence-electron chi connectivity index (χ3n) is 5.42. The molecule has 1 N–H and O–H groups in total. The molecule has 35 heavy (non-hydrogen) atoms. The summed E-state index contributed by atoms with van der Waals surface area (Å²) in [5, 5.41) is 12.5. The fraction of sp³-hybridized carbons (Fsp3) is 0.148. The molecule has 0 aliphatic rings. The fourth-order valence-corrected chi connectivity index (χ4v) is 4.72. The number of hydrogen-bond acceptors (Lipinski definition) is 5. The summed E-state index contributed by atoms with van der Waals surface area (Å²) in [4.78, 5) is 31.6. The van der Waals surface area contributed by atoms with Gasteiger partial charge in [0.25, 0.3) is 5.91 Å². The average Bonchev–Trinajstić information content (AvgIpc) is 3.34. The van der Waals surface area contributed by atoms with Crippen LogP contribution in [0.5, 0.6) is 0 Å². The van der Waals surface area contributed by atoms with Gasteiger partial charge in [0.1, 0.15) is 6.54 Å². The van der Waals surface area contributed by atoms with Gasteiger partial charge in [-0.05, 0) is 29.3 Å². The Hall–Kier alpha value is -3.68. The minimum absolute atomic E-state index is 0.329. The summed E-state index contributed by atoms with van der Waals surface area (Å²) in [6.45, 7) is 0.908. The second-order valence-corrected chi connectivity index (χ2v) is 9.33. The van der Waals surface area contributed by atoms with E-state index in [-0.39, 0.29) is 12.5 Å². The van der Waals surface area contributed by atoms with Gasteiger partial charge in [-0.15, -0.1) is 11.3 Å². The van der Waals surface area contributed by atoms with Crippen LogP contribution in [0.15, 0.2) is 84.2 Å². The Morgan fingerprint density at radius 3 is 2.20 bits per heavy atom. The second kappa shape index (κ2) is 11.2. The van der Waals surface area contributed by atoms with Gasteiger partial charge in [-0.1, -0.05) is 72.3 Å². The predicted octanol–water partition coefficient (Wildman–Crippen LogP) is 5.83. The molecule has 0 spiro atoms. The van der Waals surface area contributed by atoms with E-state index in [1.54, 1.807) is 23.5 Å². The van der Waals surface area contributed by atoms with Gasteiger partial charge >= 0.3 is 5.97 Å². The lowest BCUT2D eigenvalue weighted by Gasteiger charge is -2.22. The third kappa shape index (κ3) is 6.26. The standard InChI is InChI=1S/C27H24ClN3O3S/c1-30(17-25(32)33)26(34)21-13-11-20(12-14-21)16-31(15-19-7-3-2-4-8-19)27-29-24(18-35-27)22-9-5-6-10-23(22)28/h2-14,18H,15-17H2,1H3,(H,32,33). The molecule has 178 valence electrons. The van der Waals surface area contributed by atoms with Crippen molar-refractivity contribution < 1.29 is 14.7 Å². The van der Waals surface area contributed by atoms with E-state index in [9.17, 15) is 9.59 Å². The Labute approximate surface area is 213 Å². The number of amides is 1. The molecule has 0 unspecified atom stereocenters. The smallest absolute Gasteiger partial charge is 0.323 e. The number of carbonyl (C=O) groups excluding carboxylic acids is 1. The van der Waals surface area contributed by atoms with E-state index in [0.29, 0.717) is 23.7 Å². The molecule has 0 fully saturated rings. The van der Waals surface area contributed by atoms with E-state index in [1.165, 1.54) is 11.9 Å². The van der Waals surface area contributed by atoms with Crippen LogP contribution < -0.4 is 4.90 Å². The molecule has 6 nitrogen and oxygen atoms in total. The second-order valence-electron chi connectivity index (χ2n) is 8.09. The summed E-state index contributed by atoms with van der Waals surface area (Å²) in [5.41, 5.74) is 4.33. The van der Waals surface area contributed by atoms with Crippen molar-refractivity contribution in [3.05, 3.63) is 106 Å². The molecule has 1 aromatic heterocycles. The number of likely N-dealkylation sites (N-methyl/N-ethyl adjacent to an activating group) is 1. The van der Waals surface area contributed by atoms with Gasteiger partial charge in [0, 0.05) is 41.7 Å². The molecular weight excluding hydrogens is 482 g/mol. The number of rotatable bonds is 9. The number of anilines is 1. The van der Waals surface area contributed by atoms with E-state index in [1.807, 2.05) is 60.0 Å². The minimum atomic E-state index is -1.05. The summed E-state index contributed by atoms with van der Waals surface area (Å²) in [7, 11) is 1.48. The zero-order valence-corrected chi connectivity index (χ0v) is 20.7. The van der Waals surface area contributed by atoms with Crippen molar-refractivity contribution in [2.75, 3.05) is 18.5 Å². The van der Waals surface area contributed by atoms with Crippen molar-refractivity contribution >= 4 is 39.9 Å². The lowest BCUT2D eigenvalue weighted by Crippen LogP contribution is -2.31. The molecule has 0 aliphatic carbocycles. The molecule has 4 aromatic rings. The first kappa shape index (κ1) is 24.4. The number of hydrogen-bond donors (Lipinski definition) is 1. The number of halogens is 1. The molecule has 0 aliphatic heterocycles. The number of carboxylic acid groups (broad SMARTS) is 1. The average molecular weight is 506 g/mol. The molecule has 0 saturated heterocycles. The van der Waals surface area contributed by atoms with Crippen molar-refractivity contribution in [1.82, 2.24) is 9.88 Å². The monoisotopic (exact) mass is 505 g/mol. The van der Waals surface area contributed by atoms with Crippen LogP contribution in [0.4, 0.5) is 5.13 Å². The lowest BCUT2D eigenvalue weighted by atomic mass is 10.1. The van der Waals surface area contributed by atoms with Gasteiger partial charge in [0.2, 0.25) is 0 Å². The van der Waals surface area contributed by atoms with Crippen LogP contribution in [0.2, 0.25) is 5.02 Å². The number of thiazole rings is 1. The number of carboxylic acids is 1. The molecule has 0 saturated carbocycles. The number of benzene rings is 3. The van der Waals surface area contributed by atoms with Crippen LogP contribution in [-0.4, -0.2) is 40.5 Å². The van der Waals surface area contributed by atoms with E-state index >= 15 is 0 Å². The van der Waals surface area contributed by atoms with Crippen molar-refractivity contribution in [3.63, 3.8) is 0 Å². The molecule has 1 amide bonds. The van der Waals surface area contributed by atoms with Crippen LogP contribution in [0, 0.1) is 0 Å². The van der Waals surface area contributed by atoms with Crippen LogP contribution in [0.1, 0.15) is 21.5 Å². The van der Waals surface area contributed by atoms with E-state index in [4.69, 9.17) is 21.7 Å². The van der Waals surface area contributed by atoms with Crippen LogP contribution in [0.25, 0.3) is 11.3 Å². The van der Waals surface area contributed by atoms with Crippen molar-refractivity contribution in [2.24, 2.45) is 0 Å². The molecule has 0 atom stereocenters. The summed E-state index contributed by atoms with van der Waals surface area (Å²) >= 11 is 7.94. The zero-order valence-electron chi connectivity index (χ0n) is 19.1. The van der Waals surface area contributed by atoms with E-state index in [0.717, 1.165) is 27.5 Å². The quantitative estimate of drug-likeness (QED) is 0.310. The van der Waals surface area contributed by atoms with Crippen molar-refractivity contribution in [2.45, 2.75) is 13.1 Å². The highest BCUT2D eigenvalue weighted by Crippen LogP contribution is 2.33. The number of aromatic nitrogens is 1. The van der Waals surface area contributed by atoms with Gasteiger partial charge in [0.15, 0.2) is 5.13 Å². The summed E-state index contributed by atoms with van der Waals surface area (Å²) in [5.74, 6) is -1.38. The van der Waals surface area contributed by atoms with Crippen molar-refractivity contribution in [1.29, 1.82) is 0 Å². The first-order valence-electron chi connectivity index (χ1n) is 11.0. The molecule has 1 heterocycles. The molecule has 0 radical (unpaired) electrons. The molecule has 8 heteroatoms. The van der Waals surface area contributed by atoms with Crippen LogP contribution in [0.3, 0.4) is 0 Å². The largest absolute Gasteiger partial charge is 0.480 e. The predicted molar refractivity (Wildman–Crippen MR) is 140 cm³/mol. The van der Waals surface area contributed by atoms with Crippen LogP contribution in [-0.2, 0) is 17.9 Å². The minimum Gasteiger partial charge on any atom is -0.480 e. The number of carbonyl (C=O) groups is 2. The Morgan fingerprint density at radius 2 is 1.54 bits per heavy atom. The number of aliphatic carboxylic acids is 1. The van der Waals surface area contributed by atoms with Gasteiger partial charge in [-0.25, -0.2) is 4.98 Å². The summed E-state index contributed by atoms with van der Waals surface area (Å²) < 4.78 is 0. The van der Waals surface area contributed by atoms with Crippen molar-refractivity contribution in [3.8, 4) is 11.3 Å². The van der Waals surface area contributed by atoms with Gasteiger partial charge in [0.05, 0.1) is 5.69 Å². The maximum atomic E-state index is 12.5.